The maximum atomic E-state index is 12.3. The third-order valence-corrected chi connectivity index (χ3v) is 3.67. The van der Waals surface area contributed by atoms with Crippen LogP contribution in [0.1, 0.15) is 23.3 Å². The van der Waals surface area contributed by atoms with Gasteiger partial charge < -0.3 is 15.2 Å². The Bertz CT molecular complexity index is 437. The van der Waals surface area contributed by atoms with Gasteiger partial charge in [-0.2, -0.15) is 0 Å². The smallest absolute Gasteiger partial charge is 0.272 e. The zero-order chi connectivity index (χ0) is 14.5. The molecule has 1 aromatic heterocycles. The van der Waals surface area contributed by atoms with Gasteiger partial charge in [0, 0.05) is 19.6 Å². The molecule has 0 atom stereocenters. The van der Waals surface area contributed by atoms with Crippen LogP contribution in [0.2, 0.25) is 0 Å². The number of likely N-dealkylation sites (tertiary alicyclic amines) is 1. The van der Waals surface area contributed by atoms with Crippen molar-refractivity contribution in [2.75, 3.05) is 39.2 Å². The first-order valence-electron chi connectivity index (χ1n) is 6.97. The molecule has 0 unspecified atom stereocenters. The number of nitrogens with zero attached hydrogens (tertiary/aromatic N) is 3. The van der Waals surface area contributed by atoms with Crippen LogP contribution in [0.4, 0.5) is 5.69 Å². The van der Waals surface area contributed by atoms with Crippen molar-refractivity contribution in [1.29, 1.82) is 0 Å². The second kappa shape index (κ2) is 6.67. The number of hydrogen-bond donors (Lipinski definition) is 2. The fourth-order valence-corrected chi connectivity index (χ4v) is 2.60. The van der Waals surface area contributed by atoms with Crippen molar-refractivity contribution in [3.8, 4) is 0 Å². The van der Waals surface area contributed by atoms with Crippen LogP contribution in [-0.2, 0) is 0 Å². The molecule has 1 aliphatic heterocycles. The predicted molar refractivity (Wildman–Crippen MR) is 79.2 cm³/mol. The van der Waals surface area contributed by atoms with Crippen LogP contribution in [0.25, 0.3) is 0 Å². The minimum atomic E-state index is 0.0110. The van der Waals surface area contributed by atoms with Crippen LogP contribution < -0.4 is 11.3 Å². The van der Waals surface area contributed by atoms with Gasteiger partial charge in [0.25, 0.3) is 5.91 Å². The standard InChI is InChI=1S/C14H23N5O/c1-18(2)10-11-5-7-19(8-6-11)14(20)13-4-3-12(17-15)9-16-13/h3-4,9,11,17H,5-8,10,15H2,1-2H3. The molecule has 1 fully saturated rings. The maximum Gasteiger partial charge on any atom is 0.272 e. The minimum absolute atomic E-state index is 0.0110. The molecule has 6 nitrogen and oxygen atoms in total. The second-order valence-electron chi connectivity index (χ2n) is 5.57. The first kappa shape index (κ1) is 14.7. The van der Waals surface area contributed by atoms with E-state index in [0.717, 1.165) is 32.5 Å². The SMILES string of the molecule is CN(C)CC1CCN(C(=O)c2ccc(NN)cn2)CC1. The van der Waals surface area contributed by atoms with Gasteiger partial charge in [0.2, 0.25) is 0 Å². The Morgan fingerprint density at radius 1 is 1.45 bits per heavy atom. The molecular formula is C14H23N5O. The molecule has 0 bridgehead atoms. The summed E-state index contributed by atoms with van der Waals surface area (Å²) in [5, 5.41) is 0. The molecule has 1 saturated heterocycles. The Labute approximate surface area is 119 Å². The van der Waals surface area contributed by atoms with Gasteiger partial charge >= 0.3 is 0 Å². The van der Waals surface area contributed by atoms with Crippen LogP contribution in [-0.4, -0.2) is 54.4 Å². The minimum Gasteiger partial charge on any atom is -0.337 e. The van der Waals surface area contributed by atoms with E-state index >= 15 is 0 Å². The van der Waals surface area contributed by atoms with Gasteiger partial charge in [0.15, 0.2) is 0 Å². The number of rotatable bonds is 4. The number of piperidine rings is 1. The van der Waals surface area contributed by atoms with Crippen LogP contribution in [0, 0.1) is 5.92 Å². The fourth-order valence-electron chi connectivity index (χ4n) is 2.60. The molecule has 0 aliphatic carbocycles. The molecule has 3 N–H and O–H groups in total. The van der Waals surface area contributed by atoms with E-state index in [4.69, 9.17) is 5.84 Å². The third kappa shape index (κ3) is 3.68. The monoisotopic (exact) mass is 277 g/mol. The van der Waals surface area contributed by atoms with Crippen LogP contribution in [0.15, 0.2) is 18.3 Å². The number of carbonyl (C=O) groups is 1. The quantitative estimate of drug-likeness (QED) is 0.628. The van der Waals surface area contributed by atoms with Crippen LogP contribution >= 0.6 is 0 Å². The first-order chi connectivity index (χ1) is 9.60. The van der Waals surface area contributed by atoms with Crippen LogP contribution in [0.3, 0.4) is 0 Å². The number of nitrogens with one attached hydrogen (secondary N) is 1. The van der Waals surface area contributed by atoms with Crippen molar-refractivity contribution in [2.24, 2.45) is 11.8 Å². The highest BCUT2D eigenvalue weighted by Crippen LogP contribution is 2.19. The number of amides is 1. The van der Waals surface area contributed by atoms with Crippen molar-refractivity contribution in [3.05, 3.63) is 24.0 Å². The number of anilines is 1. The number of nitrogen functional groups attached to an aromatic ring is 1. The Morgan fingerprint density at radius 2 is 2.15 bits per heavy atom. The number of hydrazine groups is 1. The van der Waals surface area contributed by atoms with Gasteiger partial charge in [-0.05, 0) is 45.0 Å². The van der Waals surface area contributed by atoms with E-state index in [0.29, 0.717) is 17.3 Å². The molecule has 1 aromatic rings. The normalized spacial score (nSPS) is 16.5. The number of carbonyl (C=O) groups excluding carboxylic acids is 1. The van der Waals surface area contributed by atoms with E-state index in [1.807, 2.05) is 4.90 Å². The Balaban J connectivity index is 1.90. The molecule has 0 radical (unpaired) electrons. The van der Waals surface area contributed by atoms with Gasteiger partial charge in [0.1, 0.15) is 5.69 Å². The van der Waals surface area contributed by atoms with Gasteiger partial charge in [-0.3, -0.25) is 10.6 Å². The molecule has 2 heterocycles. The summed E-state index contributed by atoms with van der Waals surface area (Å²) in [6.45, 7) is 2.73. The fraction of sp³-hybridized carbons (Fsp3) is 0.571. The summed E-state index contributed by atoms with van der Waals surface area (Å²) in [6.07, 6.45) is 3.70. The summed E-state index contributed by atoms with van der Waals surface area (Å²) >= 11 is 0. The molecule has 1 amide bonds. The van der Waals surface area contributed by atoms with Gasteiger partial charge in [-0.25, -0.2) is 4.98 Å². The zero-order valence-electron chi connectivity index (χ0n) is 12.2. The highest BCUT2D eigenvalue weighted by Gasteiger charge is 2.24. The molecule has 20 heavy (non-hydrogen) atoms. The van der Waals surface area contributed by atoms with Crippen molar-refractivity contribution < 1.29 is 4.79 Å². The Kier molecular flexibility index (Phi) is 4.92. The van der Waals surface area contributed by atoms with E-state index < -0.39 is 0 Å². The van der Waals surface area contributed by atoms with E-state index in [9.17, 15) is 4.79 Å². The lowest BCUT2D eigenvalue weighted by Crippen LogP contribution is -2.40. The van der Waals surface area contributed by atoms with Crippen LogP contribution in [0.5, 0.6) is 0 Å². The topological polar surface area (TPSA) is 74.5 Å². The number of aromatic nitrogens is 1. The van der Waals surface area contributed by atoms with Crippen molar-refractivity contribution in [2.45, 2.75) is 12.8 Å². The molecule has 1 aliphatic rings. The number of pyridine rings is 1. The highest BCUT2D eigenvalue weighted by molar-refractivity contribution is 5.92. The van der Waals surface area contributed by atoms with E-state index in [2.05, 4.69) is 29.4 Å². The molecule has 110 valence electrons. The average molecular weight is 277 g/mol. The summed E-state index contributed by atoms with van der Waals surface area (Å²) < 4.78 is 0. The van der Waals surface area contributed by atoms with Gasteiger partial charge in [-0.15, -0.1) is 0 Å². The molecule has 6 heteroatoms. The van der Waals surface area contributed by atoms with Crippen molar-refractivity contribution in [3.63, 3.8) is 0 Å². The van der Waals surface area contributed by atoms with Crippen molar-refractivity contribution >= 4 is 11.6 Å². The maximum absolute atomic E-state index is 12.3. The first-order valence-corrected chi connectivity index (χ1v) is 6.97. The van der Waals surface area contributed by atoms with E-state index in [1.165, 1.54) is 0 Å². The highest BCUT2D eigenvalue weighted by atomic mass is 16.2. The van der Waals surface area contributed by atoms with Crippen molar-refractivity contribution in [1.82, 2.24) is 14.8 Å². The molecule has 2 rings (SSSR count). The largest absolute Gasteiger partial charge is 0.337 e. The second-order valence-corrected chi connectivity index (χ2v) is 5.57. The number of nitrogens with two attached hydrogens (primary N) is 1. The number of hydrogen-bond acceptors (Lipinski definition) is 5. The zero-order valence-corrected chi connectivity index (χ0v) is 12.2. The molecule has 0 saturated carbocycles. The average Bonchev–Trinajstić information content (AvgIpc) is 2.47. The summed E-state index contributed by atoms with van der Waals surface area (Å²) in [7, 11) is 4.18. The summed E-state index contributed by atoms with van der Waals surface area (Å²) in [5.41, 5.74) is 3.69. The predicted octanol–water partition coefficient (Wildman–Crippen LogP) is 0.781. The molecule has 0 aromatic carbocycles. The molecular weight excluding hydrogens is 254 g/mol. The van der Waals surface area contributed by atoms with Gasteiger partial charge in [0.05, 0.1) is 11.9 Å². The molecule has 0 spiro atoms. The lowest BCUT2D eigenvalue weighted by molar-refractivity contribution is 0.0672. The third-order valence-electron chi connectivity index (χ3n) is 3.67. The summed E-state index contributed by atoms with van der Waals surface area (Å²) in [4.78, 5) is 20.6. The Morgan fingerprint density at radius 3 is 2.65 bits per heavy atom. The van der Waals surface area contributed by atoms with Gasteiger partial charge in [-0.1, -0.05) is 0 Å². The lowest BCUT2D eigenvalue weighted by Gasteiger charge is -2.33. The summed E-state index contributed by atoms with van der Waals surface area (Å²) in [6, 6.07) is 3.47. The summed E-state index contributed by atoms with van der Waals surface area (Å²) in [5.74, 6) is 5.98. The Hall–Kier alpha value is -1.66. The lowest BCUT2D eigenvalue weighted by atomic mass is 9.96. The van der Waals surface area contributed by atoms with E-state index in [-0.39, 0.29) is 5.91 Å². The van der Waals surface area contributed by atoms with E-state index in [1.54, 1.807) is 18.3 Å².